The van der Waals surface area contributed by atoms with E-state index >= 15 is 0 Å². The molecule has 0 radical (unpaired) electrons. The van der Waals surface area contributed by atoms with Crippen LogP contribution >= 0.6 is 11.8 Å². The zero-order chi connectivity index (χ0) is 54.1. The Kier molecular flexibility index (Phi) is 21.0. The lowest BCUT2D eigenvalue weighted by atomic mass is 9.90. The number of aromatic hydroxyl groups is 4. The van der Waals surface area contributed by atoms with E-state index in [0.29, 0.717) is 49.2 Å². The van der Waals surface area contributed by atoms with Gasteiger partial charge in [-0.2, -0.15) is 0 Å². The monoisotopic (exact) mass is 1050 g/mol. The van der Waals surface area contributed by atoms with Crippen molar-refractivity contribution in [2.24, 2.45) is 0 Å². The molecular weight excluding hydrogens is 983 g/mol. The highest BCUT2D eigenvalue weighted by Gasteiger charge is 2.64. The van der Waals surface area contributed by atoms with Crippen LogP contribution in [0.15, 0.2) is 66.7 Å². The third-order valence-electron chi connectivity index (χ3n) is 12.7. The maximum Gasteiger partial charge on any atom is 0.327 e. The van der Waals surface area contributed by atoms with E-state index in [-0.39, 0.29) is 94.3 Å². The molecule has 23 heteroatoms. The molecule has 7 amide bonds. The average molecular weight is 1050 g/mol. The largest absolute Gasteiger partial charge is 0.504 e. The lowest BCUT2D eigenvalue weighted by Crippen LogP contribution is -2.70. The van der Waals surface area contributed by atoms with Crippen molar-refractivity contribution in [3.63, 3.8) is 0 Å². The fourth-order valence-corrected chi connectivity index (χ4v) is 10.2. The first kappa shape index (κ1) is 57.5. The molecule has 2 aliphatic rings. The molecule has 2 unspecified atom stereocenters. The number of unbranched alkanes of at least 4 members (excludes halogenated alkanes) is 3. The number of carboxylic acids is 1. The maximum atomic E-state index is 13.6. The van der Waals surface area contributed by atoms with Crippen molar-refractivity contribution in [3.05, 3.63) is 83.4 Å². The minimum Gasteiger partial charge on any atom is -0.504 e. The quantitative estimate of drug-likeness (QED) is 0.0157. The summed E-state index contributed by atoms with van der Waals surface area (Å²) in [6.07, 6.45) is 1.46. The number of phenols is 4. The number of thioether (sulfide) groups is 1. The molecule has 4 atom stereocenters. The minimum absolute atomic E-state index is 0.0406. The van der Waals surface area contributed by atoms with Crippen LogP contribution in [-0.4, -0.2) is 160 Å². The van der Waals surface area contributed by atoms with E-state index in [0.717, 1.165) is 0 Å². The van der Waals surface area contributed by atoms with Gasteiger partial charge in [0.1, 0.15) is 23.2 Å². The number of nitrogens with zero attached hydrogens (tertiary/aromatic N) is 3. The van der Waals surface area contributed by atoms with Gasteiger partial charge in [-0.05, 0) is 82.2 Å². The summed E-state index contributed by atoms with van der Waals surface area (Å²) in [4.78, 5) is 118. The number of aliphatic carboxylic acids is 1. The number of para-hydroxylation sites is 2. The first-order chi connectivity index (χ1) is 35.2. The van der Waals surface area contributed by atoms with E-state index in [9.17, 15) is 73.9 Å². The van der Waals surface area contributed by atoms with E-state index in [1.54, 1.807) is 44.2 Å². The van der Waals surface area contributed by atoms with Crippen molar-refractivity contribution in [2.75, 3.05) is 39.3 Å². The predicted octanol–water partition coefficient (Wildman–Crippen LogP) is 3.11. The number of carboxylic acid groups (broad SMARTS) is 1. The number of benzene rings is 3. The zero-order valence-electron chi connectivity index (χ0n) is 41.3. The third-order valence-corrected chi connectivity index (χ3v) is 14.2. The molecule has 2 fully saturated rings. The van der Waals surface area contributed by atoms with Crippen LogP contribution in [-0.2, 0) is 33.6 Å². The zero-order valence-corrected chi connectivity index (χ0v) is 42.1. The molecule has 3 aromatic carbocycles. The number of nitrogens with one attached hydrogen (secondary N) is 4. The number of phenolic OH excluding ortho intramolecular Hbond substituents is 4. The molecule has 0 aliphatic carbocycles. The summed E-state index contributed by atoms with van der Waals surface area (Å²) in [5.41, 5.74) is 0.297. The highest BCUT2D eigenvalue weighted by molar-refractivity contribution is 8.01. The Bertz CT molecular complexity index is 2530. The second kappa shape index (κ2) is 27.1. The first-order valence-corrected chi connectivity index (χ1v) is 25.3. The number of carbonyl (C=O) groups excluding carboxylic acids is 8. The molecule has 0 bridgehead atoms. The minimum atomic E-state index is -1.14. The number of rotatable bonds is 29. The number of hydrogen-bond acceptors (Lipinski definition) is 15. The summed E-state index contributed by atoms with van der Waals surface area (Å²) in [5.74, 6) is -8.28. The number of Topliss-reactive ketones (excluding diaryl/α,β-unsaturated/α-hetero) is 1. The van der Waals surface area contributed by atoms with Crippen LogP contribution in [0.4, 0.5) is 0 Å². The normalized spacial score (nSPS) is 16.7. The summed E-state index contributed by atoms with van der Waals surface area (Å²) in [7, 11) is 0. The Morgan fingerprint density at radius 2 is 1.22 bits per heavy atom. The highest BCUT2D eigenvalue weighted by atomic mass is 32.2. The fraction of sp³-hybridized carbons (Fsp3) is 0.471. The fourth-order valence-electron chi connectivity index (χ4n) is 8.62. The van der Waals surface area contributed by atoms with Gasteiger partial charge in [0, 0.05) is 76.1 Å². The number of β-lactam (4-membered cyclic amide) rings is 1. The molecule has 3 aromatic rings. The Labute approximate surface area is 431 Å². The Morgan fingerprint density at radius 1 is 0.662 bits per heavy atom. The van der Waals surface area contributed by atoms with Crippen LogP contribution in [0.2, 0.25) is 0 Å². The summed E-state index contributed by atoms with van der Waals surface area (Å²) < 4.78 is -0.791. The molecule has 0 saturated carbocycles. The number of ketones is 1. The van der Waals surface area contributed by atoms with E-state index in [4.69, 9.17) is 0 Å². The van der Waals surface area contributed by atoms with E-state index in [2.05, 4.69) is 21.3 Å². The smallest absolute Gasteiger partial charge is 0.327 e. The van der Waals surface area contributed by atoms with Crippen LogP contribution in [0, 0.1) is 0 Å². The van der Waals surface area contributed by atoms with Gasteiger partial charge >= 0.3 is 5.97 Å². The van der Waals surface area contributed by atoms with E-state index in [1.165, 1.54) is 58.0 Å². The van der Waals surface area contributed by atoms with Gasteiger partial charge in [0.05, 0.1) is 17.0 Å². The van der Waals surface area contributed by atoms with Crippen molar-refractivity contribution in [2.45, 2.75) is 113 Å². The van der Waals surface area contributed by atoms with Crippen molar-refractivity contribution >= 4 is 64.9 Å². The van der Waals surface area contributed by atoms with Crippen LogP contribution in [0.5, 0.6) is 23.0 Å². The molecule has 10 N–H and O–H groups in total. The molecular formula is C51H65N7O15S. The van der Waals surface area contributed by atoms with Crippen LogP contribution in [0.1, 0.15) is 117 Å². The van der Waals surface area contributed by atoms with Gasteiger partial charge in [0.25, 0.3) is 11.8 Å². The van der Waals surface area contributed by atoms with Gasteiger partial charge < -0.3 is 56.6 Å². The summed E-state index contributed by atoms with van der Waals surface area (Å²) in [5, 5.41) is 70.3. The van der Waals surface area contributed by atoms with Gasteiger partial charge in [0.2, 0.25) is 29.5 Å². The summed E-state index contributed by atoms with van der Waals surface area (Å²) in [6.45, 7) is 4.43. The molecule has 400 valence electrons. The number of hydrogen-bond donors (Lipinski definition) is 10. The second-order valence-electron chi connectivity index (χ2n) is 18.5. The second-order valence-corrected chi connectivity index (χ2v) is 20.3. The maximum absolute atomic E-state index is 13.6. The molecule has 22 nitrogen and oxygen atoms in total. The molecule has 5 rings (SSSR count). The third kappa shape index (κ3) is 15.6. The highest BCUT2D eigenvalue weighted by Crippen LogP contribution is 2.51. The molecule has 2 saturated heterocycles. The number of carbonyl (C=O) groups is 9. The SMILES string of the molecule is CC1(C)SC2[C@H](NC(=O)[C@H](CC(=O)CCC(=O)N(O)CCCCCNC(=O)CCC(=O)N(CCCCNC(=O)c3cccc(O)c3O)CCCNC(=O)c3cccc(O)c3O)c3ccccc3)C(=O)N2C1C(=O)O. The summed E-state index contributed by atoms with van der Waals surface area (Å²) >= 11 is 1.28. The Hall–Kier alpha value is -7.40. The lowest BCUT2D eigenvalue weighted by molar-refractivity contribution is -0.166. The van der Waals surface area contributed by atoms with E-state index < -0.39 is 92.4 Å². The van der Waals surface area contributed by atoms with Crippen molar-refractivity contribution < 1.29 is 73.9 Å². The molecule has 0 aromatic heterocycles. The van der Waals surface area contributed by atoms with E-state index in [1.807, 2.05) is 0 Å². The standard InChI is InChI=1S/C51H65N7O15S/c1-51(2)44(50(71)72)58-48(70)41(49(58)74-51)55-47(69)35(31-14-5-3-6-15-31)30-32(59)20-22-40(64)57(73)29-9-4-7-24-52-38(62)21-23-39(63)56(28-13-26-54-46(68)34-17-12-19-37(61)43(34)66)27-10-8-25-53-45(67)33-16-11-18-36(60)42(33)65/h3,5-6,11-12,14-19,35,41,44,49,60-61,65-66,73H,4,7-10,13,20-30H2,1-2H3,(H,52,62)(H,53,67)(H,54,68)(H,55,69)(H,71,72)/t35-,41-,44?,49?/m1/s1. The van der Waals surface area contributed by atoms with Gasteiger partial charge in [0.15, 0.2) is 23.0 Å². The topological polar surface area (TPSA) is 333 Å². The van der Waals surface area contributed by atoms with Crippen LogP contribution in [0.25, 0.3) is 0 Å². The lowest BCUT2D eigenvalue weighted by Gasteiger charge is -2.44. The van der Waals surface area contributed by atoms with Gasteiger partial charge in [-0.15, -0.1) is 11.8 Å². The van der Waals surface area contributed by atoms with Crippen LogP contribution < -0.4 is 21.3 Å². The van der Waals surface area contributed by atoms with Gasteiger partial charge in [-0.25, -0.2) is 9.86 Å². The molecule has 0 spiro atoms. The number of amides is 7. The van der Waals surface area contributed by atoms with Crippen molar-refractivity contribution in [1.82, 2.24) is 36.1 Å². The van der Waals surface area contributed by atoms with Gasteiger partial charge in [-0.3, -0.25) is 43.6 Å². The molecule has 2 aliphatic heterocycles. The Balaban J connectivity index is 0.989. The number of fused-ring (bicyclic) bond motifs is 1. The molecule has 2 heterocycles. The predicted molar refractivity (Wildman–Crippen MR) is 268 cm³/mol. The van der Waals surface area contributed by atoms with Crippen LogP contribution in [0.3, 0.4) is 0 Å². The Morgan fingerprint density at radius 3 is 1.84 bits per heavy atom. The summed E-state index contributed by atoms with van der Waals surface area (Å²) in [6, 6.07) is 14.5. The number of hydroxylamine groups is 2. The average Bonchev–Trinajstić information content (AvgIpc) is 3.63. The first-order valence-electron chi connectivity index (χ1n) is 24.4. The van der Waals surface area contributed by atoms with Gasteiger partial charge in [-0.1, -0.05) is 42.5 Å². The van der Waals surface area contributed by atoms with Crippen molar-refractivity contribution in [3.8, 4) is 23.0 Å². The molecule has 74 heavy (non-hydrogen) atoms. The van der Waals surface area contributed by atoms with Crippen molar-refractivity contribution in [1.29, 1.82) is 0 Å².